The predicted molar refractivity (Wildman–Crippen MR) is 94.1 cm³/mol. The van der Waals surface area contributed by atoms with Crippen LogP contribution in [-0.4, -0.2) is 59.8 Å². The maximum atomic E-state index is 9.14. The normalized spacial score (nSPS) is 17.8. The van der Waals surface area contributed by atoms with Crippen LogP contribution in [0.5, 0.6) is 0 Å². The molecule has 20 heavy (non-hydrogen) atoms. The quantitative estimate of drug-likeness (QED) is 0.439. The zero-order valence-corrected chi connectivity index (χ0v) is 14.8. The van der Waals surface area contributed by atoms with Crippen molar-refractivity contribution in [3.63, 3.8) is 0 Å². The number of thiazole rings is 1. The van der Waals surface area contributed by atoms with Gasteiger partial charge in [0.05, 0.1) is 12.6 Å². The molecule has 0 aromatic carbocycles. The number of aromatic nitrogens is 1. The number of aliphatic hydroxyl groups is 1. The lowest BCUT2D eigenvalue weighted by molar-refractivity contribution is 0.262. The van der Waals surface area contributed by atoms with Crippen LogP contribution < -0.4 is 10.6 Å². The van der Waals surface area contributed by atoms with Gasteiger partial charge in [-0.2, -0.15) is 0 Å². The lowest BCUT2D eigenvalue weighted by atomic mass is 10.2. The molecule has 2 rings (SSSR count). The topological polar surface area (TPSA) is 78.0 Å². The van der Waals surface area contributed by atoms with E-state index in [1.807, 2.05) is 18.5 Å². The van der Waals surface area contributed by atoms with Crippen LogP contribution in [0.25, 0.3) is 0 Å². The summed E-state index contributed by atoms with van der Waals surface area (Å²) in [6.45, 7) is 5.54. The number of anilines is 1. The van der Waals surface area contributed by atoms with Gasteiger partial charge in [0.25, 0.3) is 0 Å². The van der Waals surface area contributed by atoms with Crippen LogP contribution in [0, 0.1) is 0 Å². The molecular formula is C12H22IN5OS. The largest absolute Gasteiger partial charge is 0.394 e. The molecule has 1 aliphatic heterocycles. The van der Waals surface area contributed by atoms with E-state index < -0.39 is 0 Å². The molecule has 1 aliphatic rings. The number of aliphatic imine (C=N–C) groups is 1. The van der Waals surface area contributed by atoms with Crippen molar-refractivity contribution in [1.29, 1.82) is 0 Å². The first-order chi connectivity index (χ1) is 9.24. The Balaban J connectivity index is 0.00000200. The summed E-state index contributed by atoms with van der Waals surface area (Å²) in [5.41, 5.74) is 6.00. The Morgan fingerprint density at radius 3 is 2.70 bits per heavy atom. The first-order valence-corrected chi connectivity index (χ1v) is 7.46. The van der Waals surface area contributed by atoms with Crippen molar-refractivity contribution < 1.29 is 5.11 Å². The van der Waals surface area contributed by atoms with Crippen molar-refractivity contribution in [1.82, 2.24) is 9.88 Å². The van der Waals surface area contributed by atoms with Crippen LogP contribution in [-0.2, 0) is 0 Å². The molecule has 0 radical (unpaired) electrons. The number of rotatable bonds is 4. The van der Waals surface area contributed by atoms with Crippen LogP contribution >= 0.6 is 35.3 Å². The van der Waals surface area contributed by atoms with Gasteiger partial charge in [-0.1, -0.05) is 6.92 Å². The number of hydrogen-bond acceptors (Lipinski definition) is 5. The molecule has 1 aromatic rings. The standard InChI is InChI=1S/C12H21N5OS.HI/c1-2-10(9-18)15-11(13)16-4-6-17(7-5-16)12-14-3-8-19-12;/h3,8,10,18H,2,4-7,9H2,1H3,(H2,13,15);1H/t10-;/m1./s1. The van der Waals surface area contributed by atoms with Crippen LogP contribution in [0.2, 0.25) is 0 Å². The molecular weight excluding hydrogens is 389 g/mol. The smallest absolute Gasteiger partial charge is 0.191 e. The SMILES string of the molecule is CC[C@H](CO)N=C(N)N1CCN(c2nccs2)CC1.I. The third kappa shape index (κ3) is 4.45. The molecule has 3 N–H and O–H groups in total. The second-order valence-corrected chi connectivity index (χ2v) is 5.39. The average molecular weight is 411 g/mol. The molecule has 0 unspecified atom stereocenters. The van der Waals surface area contributed by atoms with E-state index in [0.717, 1.165) is 37.7 Å². The van der Waals surface area contributed by atoms with Crippen molar-refractivity contribution in [2.75, 3.05) is 37.7 Å². The molecule has 6 nitrogen and oxygen atoms in total. The van der Waals surface area contributed by atoms with Gasteiger partial charge >= 0.3 is 0 Å². The van der Waals surface area contributed by atoms with Crippen molar-refractivity contribution in [3.8, 4) is 0 Å². The summed E-state index contributed by atoms with van der Waals surface area (Å²) in [6, 6.07) is -0.0861. The Morgan fingerprint density at radius 2 is 2.20 bits per heavy atom. The van der Waals surface area contributed by atoms with Gasteiger partial charge in [-0.05, 0) is 6.42 Å². The van der Waals surface area contributed by atoms with Crippen molar-refractivity contribution in [2.24, 2.45) is 10.7 Å². The van der Waals surface area contributed by atoms with Gasteiger partial charge in [0, 0.05) is 37.8 Å². The zero-order chi connectivity index (χ0) is 13.7. The maximum absolute atomic E-state index is 9.14. The zero-order valence-electron chi connectivity index (χ0n) is 11.6. The molecule has 1 atom stereocenters. The van der Waals surface area contributed by atoms with E-state index in [0.29, 0.717) is 5.96 Å². The summed E-state index contributed by atoms with van der Waals surface area (Å²) in [4.78, 5) is 13.0. The fraction of sp³-hybridized carbons (Fsp3) is 0.667. The second-order valence-electron chi connectivity index (χ2n) is 4.52. The van der Waals surface area contributed by atoms with E-state index in [4.69, 9.17) is 10.8 Å². The van der Waals surface area contributed by atoms with E-state index >= 15 is 0 Å². The Kier molecular flexibility index (Phi) is 7.52. The van der Waals surface area contributed by atoms with Gasteiger partial charge in [0.1, 0.15) is 0 Å². The maximum Gasteiger partial charge on any atom is 0.191 e. The van der Waals surface area contributed by atoms with E-state index in [2.05, 4.69) is 19.8 Å². The highest BCUT2D eigenvalue weighted by molar-refractivity contribution is 14.0. The minimum Gasteiger partial charge on any atom is -0.394 e. The first-order valence-electron chi connectivity index (χ1n) is 6.58. The van der Waals surface area contributed by atoms with E-state index in [-0.39, 0.29) is 36.6 Å². The number of guanidine groups is 1. The Hall–Kier alpha value is -0.610. The van der Waals surface area contributed by atoms with Gasteiger partial charge in [0.15, 0.2) is 11.1 Å². The number of piperazine rings is 1. The Bertz CT molecular complexity index is 402. The summed E-state index contributed by atoms with van der Waals surface area (Å²) in [5, 5.41) is 12.2. The van der Waals surface area contributed by atoms with Crippen molar-refractivity contribution in [3.05, 3.63) is 11.6 Å². The highest BCUT2D eigenvalue weighted by atomic mass is 127. The van der Waals surface area contributed by atoms with Gasteiger partial charge in [0.2, 0.25) is 0 Å². The summed E-state index contributed by atoms with van der Waals surface area (Å²) in [5.74, 6) is 0.541. The van der Waals surface area contributed by atoms with Crippen molar-refractivity contribution in [2.45, 2.75) is 19.4 Å². The molecule has 8 heteroatoms. The minimum absolute atomic E-state index is 0. The van der Waals surface area contributed by atoms with Gasteiger partial charge in [-0.25, -0.2) is 9.98 Å². The van der Waals surface area contributed by atoms with Gasteiger partial charge < -0.3 is 20.6 Å². The lowest BCUT2D eigenvalue weighted by Crippen LogP contribution is -2.51. The molecule has 2 heterocycles. The van der Waals surface area contributed by atoms with Gasteiger partial charge in [-0.3, -0.25) is 0 Å². The third-order valence-electron chi connectivity index (χ3n) is 3.29. The average Bonchev–Trinajstić information content (AvgIpc) is 2.99. The van der Waals surface area contributed by atoms with Crippen LogP contribution in [0.1, 0.15) is 13.3 Å². The van der Waals surface area contributed by atoms with E-state index in [1.54, 1.807) is 11.3 Å². The molecule has 1 aromatic heterocycles. The Labute approximate surface area is 140 Å². The van der Waals surface area contributed by atoms with E-state index in [9.17, 15) is 0 Å². The van der Waals surface area contributed by atoms with E-state index in [1.165, 1.54) is 0 Å². The molecule has 0 spiro atoms. The molecule has 0 bridgehead atoms. The number of nitrogens with zero attached hydrogens (tertiary/aromatic N) is 4. The molecule has 0 saturated carbocycles. The molecule has 1 saturated heterocycles. The monoisotopic (exact) mass is 411 g/mol. The van der Waals surface area contributed by atoms with Crippen LogP contribution in [0.3, 0.4) is 0 Å². The fourth-order valence-corrected chi connectivity index (χ4v) is 2.73. The number of halogens is 1. The van der Waals surface area contributed by atoms with Crippen LogP contribution in [0.4, 0.5) is 5.13 Å². The molecule has 0 amide bonds. The van der Waals surface area contributed by atoms with Crippen LogP contribution in [0.15, 0.2) is 16.6 Å². The molecule has 114 valence electrons. The minimum atomic E-state index is -0.0861. The lowest BCUT2D eigenvalue weighted by Gasteiger charge is -2.35. The number of nitrogens with two attached hydrogens (primary N) is 1. The summed E-state index contributed by atoms with van der Waals surface area (Å²) < 4.78 is 0. The summed E-state index contributed by atoms with van der Waals surface area (Å²) in [6.07, 6.45) is 2.63. The highest BCUT2D eigenvalue weighted by Gasteiger charge is 2.20. The molecule has 0 aliphatic carbocycles. The second kappa shape index (κ2) is 8.63. The molecule has 1 fully saturated rings. The van der Waals surface area contributed by atoms with Gasteiger partial charge in [-0.15, -0.1) is 35.3 Å². The fourth-order valence-electron chi connectivity index (χ4n) is 2.03. The number of hydrogen-bond donors (Lipinski definition) is 2. The summed E-state index contributed by atoms with van der Waals surface area (Å²) >= 11 is 1.66. The first kappa shape index (κ1) is 17.4. The summed E-state index contributed by atoms with van der Waals surface area (Å²) in [7, 11) is 0. The highest BCUT2D eigenvalue weighted by Crippen LogP contribution is 2.18. The third-order valence-corrected chi connectivity index (χ3v) is 4.12. The van der Waals surface area contributed by atoms with Crippen molar-refractivity contribution >= 4 is 46.4 Å². The predicted octanol–water partition coefficient (Wildman–Crippen LogP) is 0.969. The Morgan fingerprint density at radius 1 is 1.50 bits per heavy atom. The number of aliphatic hydroxyl groups excluding tert-OH is 1.